The van der Waals surface area contributed by atoms with Crippen LogP contribution in [0.25, 0.3) is 11.4 Å². The minimum absolute atomic E-state index is 0.150. The molecule has 0 fully saturated rings. The molecule has 18 heteroatoms. The number of aryl methyl sites for hydroxylation is 2. The van der Waals surface area contributed by atoms with Crippen LogP contribution >= 0.6 is 0 Å². The van der Waals surface area contributed by atoms with Crippen molar-refractivity contribution < 1.29 is 19.0 Å². The molecule has 0 saturated carbocycles. The molecule has 2 heterocycles. The summed E-state index contributed by atoms with van der Waals surface area (Å²) in [5.41, 5.74) is -1.82. The van der Waals surface area contributed by atoms with Crippen LogP contribution < -0.4 is 16.1 Å². The van der Waals surface area contributed by atoms with Crippen molar-refractivity contribution in [2.24, 2.45) is 14.1 Å². The Morgan fingerprint density at radius 1 is 0.811 bits per heavy atom. The van der Waals surface area contributed by atoms with E-state index in [-0.39, 0.29) is 28.9 Å². The maximum absolute atomic E-state index is 13.4. The van der Waals surface area contributed by atoms with Gasteiger partial charge in [-0.2, -0.15) is 18.7 Å². The molecule has 0 atom stereocenters. The summed E-state index contributed by atoms with van der Waals surface area (Å²) in [4.78, 5) is 43.5. The van der Waals surface area contributed by atoms with Crippen molar-refractivity contribution in [1.29, 1.82) is 0 Å². The standard InChI is InChI=1S/C11H13N5O4.C8H6FN5O3/c1-7(2)20-10-5-4-8(16(18)19)6-9(10)15-11(17)14(3)12-13-15;1-12-8(15)13(11-10-12)7-4-5(14(16)17)2-3-6(7)9/h4-7H,1-3H3;2-4H,1H3. The minimum Gasteiger partial charge on any atom is -0.489 e. The highest BCUT2D eigenvalue weighted by Crippen LogP contribution is 2.27. The number of nitrogens with zero attached hydrogens (tertiary/aromatic N) is 10. The van der Waals surface area contributed by atoms with E-state index in [0.717, 1.165) is 32.2 Å². The van der Waals surface area contributed by atoms with E-state index in [0.29, 0.717) is 10.4 Å². The monoisotopic (exact) mass is 518 g/mol. The smallest absolute Gasteiger partial charge is 0.368 e. The summed E-state index contributed by atoms with van der Waals surface area (Å²) in [6.45, 7) is 3.62. The van der Waals surface area contributed by atoms with Crippen molar-refractivity contribution in [3.05, 3.63) is 83.4 Å². The molecule has 17 nitrogen and oxygen atoms in total. The molecule has 0 N–H and O–H groups in total. The topological polar surface area (TPSA) is 201 Å². The number of hydrogen-bond acceptors (Lipinski definition) is 11. The number of aromatic nitrogens is 8. The average molecular weight is 518 g/mol. The molecule has 0 unspecified atom stereocenters. The summed E-state index contributed by atoms with van der Waals surface area (Å²) >= 11 is 0. The number of benzene rings is 2. The Labute approximate surface area is 205 Å². The van der Waals surface area contributed by atoms with Gasteiger partial charge in [-0.05, 0) is 46.8 Å². The molecule has 2 aromatic carbocycles. The Morgan fingerprint density at radius 3 is 1.70 bits per heavy atom. The fourth-order valence-electron chi connectivity index (χ4n) is 2.85. The Balaban J connectivity index is 0.000000208. The van der Waals surface area contributed by atoms with Crippen molar-refractivity contribution in [1.82, 2.24) is 39.6 Å². The van der Waals surface area contributed by atoms with Gasteiger partial charge in [0, 0.05) is 38.4 Å². The zero-order valence-electron chi connectivity index (χ0n) is 19.7. The molecule has 0 aliphatic rings. The van der Waals surface area contributed by atoms with Crippen molar-refractivity contribution in [2.75, 3.05) is 0 Å². The van der Waals surface area contributed by atoms with Crippen LogP contribution in [0.4, 0.5) is 15.8 Å². The van der Waals surface area contributed by atoms with E-state index in [9.17, 15) is 34.2 Å². The minimum atomic E-state index is -0.793. The molecule has 0 aliphatic heterocycles. The Kier molecular flexibility index (Phi) is 7.50. The van der Waals surface area contributed by atoms with Gasteiger partial charge in [0.25, 0.3) is 11.4 Å². The highest BCUT2D eigenvalue weighted by atomic mass is 19.1. The number of nitro benzene ring substituents is 2. The summed E-state index contributed by atoms with van der Waals surface area (Å²) in [5, 5.41) is 35.4. The predicted molar refractivity (Wildman–Crippen MR) is 122 cm³/mol. The van der Waals surface area contributed by atoms with Crippen LogP contribution in [-0.4, -0.2) is 55.5 Å². The van der Waals surface area contributed by atoms with Crippen LogP contribution in [-0.2, 0) is 14.1 Å². The van der Waals surface area contributed by atoms with Gasteiger partial charge in [0.05, 0.1) is 16.0 Å². The number of non-ortho nitro benzene ring substituents is 2. The molecule has 2 aromatic heterocycles. The van der Waals surface area contributed by atoms with E-state index in [1.165, 1.54) is 32.3 Å². The van der Waals surface area contributed by atoms with Crippen molar-refractivity contribution in [2.45, 2.75) is 20.0 Å². The second-order valence-electron chi connectivity index (χ2n) is 7.56. The van der Waals surface area contributed by atoms with Crippen molar-refractivity contribution in [3.8, 4) is 17.1 Å². The van der Waals surface area contributed by atoms with E-state index in [1.807, 2.05) is 13.8 Å². The maximum Gasteiger partial charge on any atom is 0.368 e. The van der Waals surface area contributed by atoms with Crippen LogP contribution in [0, 0.1) is 26.0 Å². The molecule has 0 spiro atoms. The SMILES string of the molecule is CC(C)Oc1ccc([N+](=O)[O-])cc1-n1nnn(C)c1=O.Cn1nnn(-c2cc([N+](=O)[O-])ccc2F)c1=O. The second kappa shape index (κ2) is 10.5. The van der Waals surface area contributed by atoms with Gasteiger partial charge in [-0.15, -0.1) is 0 Å². The zero-order chi connectivity index (χ0) is 27.4. The lowest BCUT2D eigenvalue weighted by atomic mass is 10.2. The predicted octanol–water partition coefficient (Wildman–Crippen LogP) is 0.675. The fraction of sp³-hybridized carbons (Fsp3) is 0.263. The third kappa shape index (κ3) is 5.69. The van der Waals surface area contributed by atoms with E-state index >= 15 is 0 Å². The highest BCUT2D eigenvalue weighted by Gasteiger charge is 2.18. The number of tetrazole rings is 2. The lowest BCUT2D eigenvalue weighted by Gasteiger charge is -2.12. The van der Waals surface area contributed by atoms with E-state index in [4.69, 9.17) is 4.74 Å². The third-order valence-corrected chi connectivity index (χ3v) is 4.56. The quantitative estimate of drug-likeness (QED) is 0.256. The molecule has 0 amide bonds. The van der Waals surface area contributed by atoms with Gasteiger partial charge in [0.1, 0.15) is 22.9 Å². The lowest BCUT2D eigenvalue weighted by molar-refractivity contribution is -0.385. The second-order valence-corrected chi connectivity index (χ2v) is 7.56. The first-order valence-corrected chi connectivity index (χ1v) is 10.3. The van der Waals surface area contributed by atoms with Crippen LogP contribution in [0.1, 0.15) is 13.8 Å². The van der Waals surface area contributed by atoms with Gasteiger partial charge in [-0.3, -0.25) is 20.2 Å². The number of rotatable bonds is 6. The lowest BCUT2D eigenvalue weighted by Crippen LogP contribution is -2.23. The number of hydrogen-bond donors (Lipinski definition) is 0. The Hall–Kier alpha value is -5.29. The molecule has 194 valence electrons. The zero-order valence-corrected chi connectivity index (χ0v) is 19.7. The highest BCUT2D eigenvalue weighted by molar-refractivity contribution is 5.53. The molecule has 4 aromatic rings. The first-order valence-electron chi connectivity index (χ1n) is 10.3. The normalized spacial score (nSPS) is 10.6. The van der Waals surface area contributed by atoms with Gasteiger partial charge >= 0.3 is 11.4 Å². The maximum atomic E-state index is 13.4. The molecule has 4 rings (SSSR count). The van der Waals surface area contributed by atoms with Gasteiger partial charge in [-0.1, -0.05) is 0 Å². The van der Waals surface area contributed by atoms with Gasteiger partial charge < -0.3 is 4.74 Å². The molecule has 0 radical (unpaired) electrons. The summed E-state index contributed by atoms with van der Waals surface area (Å²) in [6.07, 6.45) is -0.150. The van der Waals surface area contributed by atoms with Crippen LogP contribution in [0.15, 0.2) is 46.0 Å². The largest absolute Gasteiger partial charge is 0.489 e. The molecular weight excluding hydrogens is 499 g/mol. The van der Waals surface area contributed by atoms with Crippen LogP contribution in [0.2, 0.25) is 0 Å². The summed E-state index contributed by atoms with van der Waals surface area (Å²) in [7, 11) is 2.77. The van der Waals surface area contributed by atoms with E-state index in [2.05, 4.69) is 20.9 Å². The van der Waals surface area contributed by atoms with Gasteiger partial charge in [-0.25, -0.2) is 14.0 Å². The Bertz CT molecular complexity index is 1590. The average Bonchev–Trinajstić information content (AvgIpc) is 3.35. The first-order chi connectivity index (χ1) is 17.4. The van der Waals surface area contributed by atoms with Crippen LogP contribution in [0.3, 0.4) is 0 Å². The van der Waals surface area contributed by atoms with E-state index < -0.39 is 27.0 Å². The summed E-state index contributed by atoms with van der Waals surface area (Å²) in [6, 6.07) is 6.80. The molecule has 0 aliphatic carbocycles. The molecule has 0 saturated heterocycles. The van der Waals surface area contributed by atoms with Gasteiger partial charge in [0.2, 0.25) is 0 Å². The van der Waals surface area contributed by atoms with Gasteiger partial charge in [0.15, 0.2) is 0 Å². The Morgan fingerprint density at radius 2 is 1.27 bits per heavy atom. The van der Waals surface area contributed by atoms with E-state index in [1.54, 1.807) is 0 Å². The number of nitro groups is 2. The summed E-state index contributed by atoms with van der Waals surface area (Å²) < 4.78 is 22.5. The molecule has 37 heavy (non-hydrogen) atoms. The first kappa shape index (κ1) is 26.3. The molecular formula is C19H19FN10O7. The van der Waals surface area contributed by atoms with Crippen LogP contribution in [0.5, 0.6) is 5.75 Å². The van der Waals surface area contributed by atoms with Crippen molar-refractivity contribution >= 4 is 11.4 Å². The summed E-state index contributed by atoms with van der Waals surface area (Å²) in [5.74, 6) is -0.466. The molecule has 0 bridgehead atoms. The number of ether oxygens (including phenoxy) is 1. The fourth-order valence-corrected chi connectivity index (χ4v) is 2.85. The third-order valence-electron chi connectivity index (χ3n) is 4.56. The van der Waals surface area contributed by atoms with Crippen molar-refractivity contribution in [3.63, 3.8) is 0 Å². The number of halogens is 1.